The molecule has 0 N–H and O–H groups in total. The van der Waals surface area contributed by atoms with Gasteiger partial charge in [-0.3, -0.25) is 4.98 Å². The van der Waals surface area contributed by atoms with E-state index in [2.05, 4.69) is 4.98 Å². The molecule has 0 fully saturated rings. The summed E-state index contributed by atoms with van der Waals surface area (Å²) in [6.45, 7) is 0. The average Bonchev–Trinajstić information content (AvgIpc) is 2.54. The summed E-state index contributed by atoms with van der Waals surface area (Å²) in [5.74, 6) is 0. The van der Waals surface area contributed by atoms with Crippen LogP contribution in [-0.2, 0) is 0 Å². The fourth-order valence-electron chi connectivity index (χ4n) is 1.03. The SMILES string of the molecule is [B][n+]1ccn(-c2cccnc2)c1. The van der Waals surface area contributed by atoms with E-state index in [1.54, 1.807) is 24.9 Å². The number of hydrogen-bond acceptors (Lipinski definition) is 1. The molecule has 56 valence electrons. The van der Waals surface area contributed by atoms with Crippen LogP contribution < -0.4 is 4.48 Å². The van der Waals surface area contributed by atoms with Gasteiger partial charge in [0.15, 0.2) is 0 Å². The maximum absolute atomic E-state index is 5.49. The first-order valence-corrected chi connectivity index (χ1v) is 3.61. The van der Waals surface area contributed by atoms with E-state index in [1.165, 1.54) is 4.48 Å². The Labute approximate surface area is 71.7 Å². The van der Waals surface area contributed by atoms with E-state index in [0.717, 1.165) is 5.69 Å². The van der Waals surface area contributed by atoms with Gasteiger partial charge in [-0.2, -0.15) is 0 Å². The number of imidazole rings is 1. The van der Waals surface area contributed by atoms with Crippen molar-refractivity contribution in [1.82, 2.24) is 9.55 Å². The summed E-state index contributed by atoms with van der Waals surface area (Å²) in [6.07, 6.45) is 8.94. The molecule has 0 saturated heterocycles. The summed E-state index contributed by atoms with van der Waals surface area (Å²) in [4.78, 5) is 4.00. The molecule has 0 aliphatic carbocycles. The van der Waals surface area contributed by atoms with Crippen LogP contribution in [0.15, 0.2) is 43.2 Å². The molecule has 3 nitrogen and oxygen atoms in total. The van der Waals surface area contributed by atoms with E-state index >= 15 is 0 Å². The average molecular weight is 156 g/mol. The number of nitrogens with zero attached hydrogens (tertiary/aromatic N) is 3. The van der Waals surface area contributed by atoms with E-state index < -0.39 is 0 Å². The molecule has 0 spiro atoms. The van der Waals surface area contributed by atoms with Gasteiger partial charge in [0.2, 0.25) is 6.33 Å². The monoisotopic (exact) mass is 156 g/mol. The van der Waals surface area contributed by atoms with Crippen molar-refractivity contribution in [3.63, 3.8) is 0 Å². The first kappa shape index (κ1) is 7.09. The van der Waals surface area contributed by atoms with E-state index in [1.807, 2.05) is 22.9 Å². The number of pyridine rings is 1. The third-order valence-electron chi connectivity index (χ3n) is 1.60. The van der Waals surface area contributed by atoms with Crippen molar-refractivity contribution in [2.75, 3.05) is 0 Å². The first-order valence-electron chi connectivity index (χ1n) is 3.61. The van der Waals surface area contributed by atoms with Crippen molar-refractivity contribution < 1.29 is 4.48 Å². The molecule has 2 radical (unpaired) electrons. The summed E-state index contributed by atoms with van der Waals surface area (Å²) in [6, 6.07) is 3.85. The largest absolute Gasteiger partial charge is 0.408 e. The molecule has 2 aromatic heterocycles. The first-order chi connectivity index (χ1) is 5.86. The summed E-state index contributed by atoms with van der Waals surface area (Å²) in [5, 5.41) is 0. The van der Waals surface area contributed by atoms with Gasteiger partial charge in [0.05, 0.1) is 6.20 Å². The number of hydrogen-bond donors (Lipinski definition) is 0. The molecule has 0 atom stereocenters. The molecule has 0 aromatic carbocycles. The Balaban J connectivity index is 2.45. The molecule has 0 amide bonds. The zero-order chi connectivity index (χ0) is 8.39. The van der Waals surface area contributed by atoms with E-state index in [0.29, 0.717) is 0 Å². The van der Waals surface area contributed by atoms with Gasteiger partial charge in [-0.1, -0.05) is 0 Å². The Hall–Kier alpha value is -1.58. The Kier molecular flexibility index (Phi) is 1.66. The second-order valence-corrected chi connectivity index (χ2v) is 2.48. The second-order valence-electron chi connectivity index (χ2n) is 2.48. The van der Waals surface area contributed by atoms with Gasteiger partial charge < -0.3 is 4.48 Å². The van der Waals surface area contributed by atoms with E-state index in [4.69, 9.17) is 7.98 Å². The minimum absolute atomic E-state index is 1.00. The Morgan fingerprint density at radius 2 is 2.42 bits per heavy atom. The van der Waals surface area contributed by atoms with Crippen LogP contribution in [0.5, 0.6) is 0 Å². The van der Waals surface area contributed by atoms with Crippen LogP contribution in [0.25, 0.3) is 5.69 Å². The molecule has 0 bridgehead atoms. The van der Waals surface area contributed by atoms with Gasteiger partial charge in [0.1, 0.15) is 18.1 Å². The fourth-order valence-corrected chi connectivity index (χ4v) is 1.03. The molecular formula is C8H7BN3+. The van der Waals surface area contributed by atoms with Crippen molar-refractivity contribution in [3.05, 3.63) is 43.2 Å². The quantitative estimate of drug-likeness (QED) is 0.536. The van der Waals surface area contributed by atoms with Gasteiger partial charge in [-0.15, -0.1) is 0 Å². The number of rotatable bonds is 1. The lowest BCUT2D eigenvalue weighted by molar-refractivity contribution is -0.520. The maximum Gasteiger partial charge on any atom is 0.408 e. The summed E-state index contributed by atoms with van der Waals surface area (Å²) < 4.78 is 3.39. The second kappa shape index (κ2) is 2.81. The molecule has 2 heterocycles. The zero-order valence-electron chi connectivity index (χ0n) is 6.46. The van der Waals surface area contributed by atoms with Crippen LogP contribution in [0.3, 0.4) is 0 Å². The fraction of sp³-hybridized carbons (Fsp3) is 0. The molecule has 2 rings (SSSR count). The van der Waals surface area contributed by atoms with Crippen molar-refractivity contribution in [2.24, 2.45) is 0 Å². The molecule has 0 aliphatic rings. The topological polar surface area (TPSA) is 21.7 Å². The van der Waals surface area contributed by atoms with Gasteiger partial charge in [-0.05, 0) is 12.1 Å². The summed E-state index contributed by atoms with van der Waals surface area (Å²) in [7, 11) is 5.49. The molecule has 0 saturated carbocycles. The highest BCUT2D eigenvalue weighted by Gasteiger charge is 2.01. The van der Waals surface area contributed by atoms with Crippen LogP contribution in [-0.4, -0.2) is 17.5 Å². The third kappa shape index (κ3) is 1.23. The highest BCUT2D eigenvalue weighted by molar-refractivity contribution is 5.94. The molecule has 2 aromatic rings. The van der Waals surface area contributed by atoms with Crippen LogP contribution in [0.2, 0.25) is 0 Å². The molecule has 4 heteroatoms. The van der Waals surface area contributed by atoms with Crippen molar-refractivity contribution in [3.8, 4) is 5.69 Å². The Morgan fingerprint density at radius 1 is 1.50 bits per heavy atom. The van der Waals surface area contributed by atoms with Gasteiger partial charge >= 0.3 is 7.98 Å². The molecule has 0 unspecified atom stereocenters. The predicted molar refractivity (Wildman–Crippen MR) is 44.9 cm³/mol. The zero-order valence-corrected chi connectivity index (χ0v) is 6.46. The minimum Gasteiger partial charge on any atom is -0.306 e. The third-order valence-corrected chi connectivity index (χ3v) is 1.60. The normalized spacial score (nSPS) is 10.0. The van der Waals surface area contributed by atoms with Gasteiger partial charge in [0, 0.05) is 6.20 Å². The van der Waals surface area contributed by atoms with Gasteiger partial charge in [0.25, 0.3) is 0 Å². The standard InChI is InChI=1S/C8H7BN3/c9-12-5-4-11(7-12)8-2-1-3-10-6-8/h1-7H/q+1. The van der Waals surface area contributed by atoms with Crippen LogP contribution in [0.4, 0.5) is 0 Å². The van der Waals surface area contributed by atoms with E-state index in [9.17, 15) is 0 Å². The lowest BCUT2D eigenvalue weighted by Crippen LogP contribution is -2.27. The lowest BCUT2D eigenvalue weighted by Gasteiger charge is -1.91. The predicted octanol–water partition coefficient (Wildman–Crippen LogP) is 0.0914. The minimum atomic E-state index is 1.00. The molecule has 12 heavy (non-hydrogen) atoms. The lowest BCUT2D eigenvalue weighted by atomic mass is 10.4. The van der Waals surface area contributed by atoms with Gasteiger partial charge in [-0.25, -0.2) is 4.57 Å². The molecule has 0 aliphatic heterocycles. The van der Waals surface area contributed by atoms with Crippen LogP contribution in [0.1, 0.15) is 0 Å². The van der Waals surface area contributed by atoms with E-state index in [-0.39, 0.29) is 0 Å². The van der Waals surface area contributed by atoms with Crippen LogP contribution in [0, 0.1) is 0 Å². The highest BCUT2D eigenvalue weighted by atomic mass is 15.1. The Bertz CT molecular complexity index is 369. The number of aromatic nitrogens is 3. The van der Waals surface area contributed by atoms with Crippen molar-refractivity contribution >= 4 is 7.98 Å². The molecular weight excluding hydrogens is 149 g/mol. The summed E-state index contributed by atoms with van der Waals surface area (Å²) >= 11 is 0. The smallest absolute Gasteiger partial charge is 0.306 e. The highest BCUT2D eigenvalue weighted by Crippen LogP contribution is 2.01. The van der Waals surface area contributed by atoms with Crippen LogP contribution >= 0.6 is 0 Å². The maximum atomic E-state index is 5.49. The summed E-state index contributed by atoms with van der Waals surface area (Å²) in [5.41, 5.74) is 1.00. The van der Waals surface area contributed by atoms with Crippen molar-refractivity contribution in [2.45, 2.75) is 0 Å². The van der Waals surface area contributed by atoms with Crippen molar-refractivity contribution in [1.29, 1.82) is 0 Å². The Morgan fingerprint density at radius 3 is 3.00 bits per heavy atom.